The van der Waals surface area contributed by atoms with Crippen molar-refractivity contribution < 1.29 is 4.79 Å². The average molecular weight is 231 g/mol. The van der Waals surface area contributed by atoms with Crippen LogP contribution in [0.3, 0.4) is 0 Å². The summed E-state index contributed by atoms with van der Waals surface area (Å²) in [6.45, 7) is 1.32. The van der Waals surface area contributed by atoms with Gasteiger partial charge in [0.2, 0.25) is 0 Å². The minimum Gasteiger partial charge on any atom is -0.368 e. The number of amides is 1. The Morgan fingerprint density at radius 3 is 3.00 bits per heavy atom. The van der Waals surface area contributed by atoms with E-state index in [0.29, 0.717) is 24.5 Å². The topological polar surface area (TPSA) is 85.8 Å². The number of nitrogens with one attached hydrogen (secondary N) is 1. The molecule has 2 aromatic heterocycles. The molecule has 2 heterocycles. The number of rotatable bonds is 5. The molecule has 3 N–H and O–H groups in total. The van der Waals surface area contributed by atoms with Crippen LogP contribution in [0.4, 0.5) is 5.82 Å². The lowest BCUT2D eigenvalue weighted by molar-refractivity contribution is 0.100. The maximum absolute atomic E-state index is 11.1. The van der Waals surface area contributed by atoms with E-state index in [-0.39, 0.29) is 0 Å². The van der Waals surface area contributed by atoms with Gasteiger partial charge in [0.05, 0.1) is 12.1 Å². The maximum atomic E-state index is 11.1. The summed E-state index contributed by atoms with van der Waals surface area (Å²) < 4.78 is 1.79. The zero-order valence-electron chi connectivity index (χ0n) is 9.21. The first-order valence-electron chi connectivity index (χ1n) is 5.23. The predicted octanol–water partition coefficient (Wildman–Crippen LogP) is 0.489. The van der Waals surface area contributed by atoms with E-state index >= 15 is 0 Å². The number of nitrogens with two attached hydrogens (primary N) is 1. The molecular weight excluding hydrogens is 218 g/mol. The lowest BCUT2D eigenvalue weighted by Crippen LogP contribution is -2.17. The minimum absolute atomic E-state index is 0.396. The molecule has 0 unspecified atom stereocenters. The highest BCUT2D eigenvalue weighted by Gasteiger charge is 2.07. The molecule has 0 spiro atoms. The molecule has 0 atom stereocenters. The minimum atomic E-state index is -0.486. The summed E-state index contributed by atoms with van der Waals surface area (Å²) >= 11 is 0. The molecule has 88 valence electrons. The molecule has 0 fully saturated rings. The van der Waals surface area contributed by atoms with Crippen LogP contribution >= 0.6 is 0 Å². The van der Waals surface area contributed by atoms with Crippen molar-refractivity contribution in [2.75, 3.05) is 11.9 Å². The third-order valence-electron chi connectivity index (χ3n) is 2.27. The van der Waals surface area contributed by atoms with Gasteiger partial charge in [-0.15, -0.1) is 0 Å². The average Bonchev–Trinajstić information content (AvgIpc) is 2.82. The number of pyridine rings is 1. The monoisotopic (exact) mass is 231 g/mol. The molecule has 0 aromatic carbocycles. The quantitative estimate of drug-likeness (QED) is 0.784. The summed E-state index contributed by atoms with van der Waals surface area (Å²) in [6.07, 6.45) is 5.20. The number of nitrogens with zero attached hydrogens (tertiary/aromatic N) is 3. The molecule has 0 aliphatic carbocycles. The van der Waals surface area contributed by atoms with Crippen molar-refractivity contribution in [3.8, 4) is 0 Å². The fourth-order valence-electron chi connectivity index (χ4n) is 1.47. The molecule has 0 saturated heterocycles. The molecular formula is C11H13N5O. The van der Waals surface area contributed by atoms with E-state index < -0.39 is 5.91 Å². The van der Waals surface area contributed by atoms with Crippen LogP contribution in [0, 0.1) is 0 Å². The van der Waals surface area contributed by atoms with Gasteiger partial charge in [0.1, 0.15) is 5.82 Å². The summed E-state index contributed by atoms with van der Waals surface area (Å²) in [7, 11) is 0. The van der Waals surface area contributed by atoms with Gasteiger partial charge in [-0.25, -0.2) is 4.98 Å². The Bertz CT molecular complexity index is 494. The molecule has 6 heteroatoms. The number of aromatic nitrogens is 3. The van der Waals surface area contributed by atoms with Gasteiger partial charge < -0.3 is 11.1 Å². The number of carbonyl (C=O) groups excluding carboxylic acids is 1. The second-order valence-corrected chi connectivity index (χ2v) is 3.46. The predicted molar refractivity (Wildman–Crippen MR) is 63.5 cm³/mol. The van der Waals surface area contributed by atoms with Crippen LogP contribution in [-0.4, -0.2) is 27.2 Å². The van der Waals surface area contributed by atoms with Crippen molar-refractivity contribution in [3.05, 3.63) is 42.4 Å². The van der Waals surface area contributed by atoms with Crippen LogP contribution in [-0.2, 0) is 6.54 Å². The Balaban J connectivity index is 1.97. The Kier molecular flexibility index (Phi) is 3.34. The van der Waals surface area contributed by atoms with Gasteiger partial charge in [0.25, 0.3) is 5.91 Å². The second-order valence-electron chi connectivity index (χ2n) is 3.46. The second kappa shape index (κ2) is 5.11. The summed E-state index contributed by atoms with van der Waals surface area (Å²) in [5, 5.41) is 7.13. The lowest BCUT2D eigenvalue weighted by atomic mass is 10.2. The van der Waals surface area contributed by atoms with Gasteiger partial charge in [0, 0.05) is 25.1 Å². The molecule has 0 saturated carbocycles. The van der Waals surface area contributed by atoms with E-state index in [2.05, 4.69) is 15.4 Å². The van der Waals surface area contributed by atoms with Crippen molar-refractivity contribution in [1.82, 2.24) is 14.8 Å². The van der Waals surface area contributed by atoms with Crippen LogP contribution in [0.5, 0.6) is 0 Å². The van der Waals surface area contributed by atoms with Gasteiger partial charge in [-0.3, -0.25) is 9.48 Å². The summed E-state index contributed by atoms with van der Waals surface area (Å²) in [5.74, 6) is 0.0202. The molecule has 0 aliphatic rings. The van der Waals surface area contributed by atoms with Gasteiger partial charge in [0.15, 0.2) is 0 Å². The molecule has 0 bridgehead atoms. The third-order valence-corrected chi connectivity index (χ3v) is 2.27. The number of carbonyl (C=O) groups is 1. The number of primary amides is 1. The molecule has 2 aromatic rings. The molecule has 2 rings (SSSR count). The van der Waals surface area contributed by atoms with Gasteiger partial charge in [-0.1, -0.05) is 0 Å². The van der Waals surface area contributed by atoms with Crippen molar-refractivity contribution in [3.63, 3.8) is 0 Å². The van der Waals surface area contributed by atoms with Crippen LogP contribution < -0.4 is 11.1 Å². The largest absolute Gasteiger partial charge is 0.368 e. The van der Waals surface area contributed by atoms with Gasteiger partial charge >= 0.3 is 0 Å². The zero-order valence-corrected chi connectivity index (χ0v) is 9.21. The number of hydrogen-bond donors (Lipinski definition) is 2. The Morgan fingerprint density at radius 2 is 2.29 bits per heavy atom. The molecule has 6 nitrogen and oxygen atoms in total. The van der Waals surface area contributed by atoms with Gasteiger partial charge in [-0.05, 0) is 18.2 Å². The summed E-state index contributed by atoms with van der Waals surface area (Å²) in [4.78, 5) is 15.2. The highest BCUT2D eigenvalue weighted by Crippen LogP contribution is 2.09. The van der Waals surface area contributed by atoms with E-state index in [9.17, 15) is 4.79 Å². The first kappa shape index (κ1) is 11.1. The maximum Gasteiger partial charge on any atom is 0.252 e. The van der Waals surface area contributed by atoms with Crippen LogP contribution in [0.2, 0.25) is 0 Å². The number of anilines is 1. The van der Waals surface area contributed by atoms with Crippen molar-refractivity contribution in [2.24, 2.45) is 5.73 Å². The van der Waals surface area contributed by atoms with Gasteiger partial charge in [-0.2, -0.15) is 5.10 Å². The SMILES string of the molecule is NC(=O)c1cccnc1NCCn1cccn1. The zero-order chi connectivity index (χ0) is 12.1. The molecule has 1 amide bonds. The first-order valence-corrected chi connectivity index (χ1v) is 5.23. The summed E-state index contributed by atoms with van der Waals surface area (Å²) in [6, 6.07) is 5.18. The van der Waals surface area contributed by atoms with E-state index in [1.807, 2.05) is 12.3 Å². The van der Waals surface area contributed by atoms with E-state index in [1.54, 1.807) is 29.2 Å². The molecule has 0 aliphatic heterocycles. The number of hydrogen-bond acceptors (Lipinski definition) is 4. The normalized spacial score (nSPS) is 10.1. The highest BCUT2D eigenvalue weighted by atomic mass is 16.1. The summed E-state index contributed by atoms with van der Waals surface area (Å²) in [5.41, 5.74) is 5.64. The first-order chi connectivity index (χ1) is 8.27. The highest BCUT2D eigenvalue weighted by molar-refractivity contribution is 5.97. The Hall–Kier alpha value is -2.37. The Morgan fingerprint density at radius 1 is 1.41 bits per heavy atom. The van der Waals surface area contributed by atoms with Crippen LogP contribution in [0.1, 0.15) is 10.4 Å². The van der Waals surface area contributed by atoms with Crippen LogP contribution in [0.25, 0.3) is 0 Å². The van der Waals surface area contributed by atoms with Crippen molar-refractivity contribution in [2.45, 2.75) is 6.54 Å². The molecule has 0 radical (unpaired) electrons. The fourth-order valence-corrected chi connectivity index (χ4v) is 1.47. The van der Waals surface area contributed by atoms with Crippen molar-refractivity contribution in [1.29, 1.82) is 0 Å². The van der Waals surface area contributed by atoms with E-state index in [0.717, 1.165) is 0 Å². The fraction of sp³-hybridized carbons (Fsp3) is 0.182. The smallest absolute Gasteiger partial charge is 0.252 e. The molecule has 17 heavy (non-hydrogen) atoms. The van der Waals surface area contributed by atoms with E-state index in [4.69, 9.17) is 5.73 Å². The van der Waals surface area contributed by atoms with Crippen LogP contribution in [0.15, 0.2) is 36.8 Å². The van der Waals surface area contributed by atoms with Crippen molar-refractivity contribution >= 4 is 11.7 Å². The van der Waals surface area contributed by atoms with E-state index in [1.165, 1.54) is 0 Å². The third kappa shape index (κ3) is 2.81. The Labute approximate surface area is 98.5 Å². The lowest BCUT2D eigenvalue weighted by Gasteiger charge is -2.08. The standard InChI is InChI=1S/C11H13N5O/c12-10(17)9-3-1-4-13-11(9)14-6-8-16-7-2-5-15-16/h1-5,7H,6,8H2,(H2,12,17)(H,13,14).